The highest BCUT2D eigenvalue weighted by atomic mass is 16.6. The first-order chi connectivity index (χ1) is 17.2. The molecule has 1 aromatic rings. The first-order valence-electron chi connectivity index (χ1n) is 13.4. The lowest BCUT2D eigenvalue weighted by molar-refractivity contribution is -0.155. The van der Waals surface area contributed by atoms with Crippen molar-refractivity contribution in [3.8, 4) is 0 Å². The Hall–Kier alpha value is -2.90. The number of esters is 1. The van der Waals surface area contributed by atoms with E-state index in [9.17, 15) is 19.2 Å². The number of fused-ring (bicyclic) bond motifs is 1. The van der Waals surface area contributed by atoms with Crippen molar-refractivity contribution in [3.05, 3.63) is 29.3 Å². The van der Waals surface area contributed by atoms with Crippen molar-refractivity contribution < 1.29 is 23.9 Å². The summed E-state index contributed by atoms with van der Waals surface area (Å²) in [7, 11) is 0. The lowest BCUT2D eigenvalue weighted by Gasteiger charge is -2.29. The van der Waals surface area contributed by atoms with Gasteiger partial charge in [-0.25, -0.2) is 0 Å². The second kappa shape index (κ2) is 12.9. The van der Waals surface area contributed by atoms with Crippen LogP contribution in [0.15, 0.2) is 18.2 Å². The third kappa shape index (κ3) is 8.07. The molecule has 8 nitrogen and oxygen atoms in total. The van der Waals surface area contributed by atoms with E-state index in [0.29, 0.717) is 24.9 Å². The molecule has 36 heavy (non-hydrogen) atoms. The van der Waals surface area contributed by atoms with E-state index in [0.717, 1.165) is 49.9 Å². The Bertz CT molecular complexity index is 953. The molecule has 0 aromatic heterocycles. The summed E-state index contributed by atoms with van der Waals surface area (Å²) >= 11 is 0. The van der Waals surface area contributed by atoms with E-state index >= 15 is 0 Å². The summed E-state index contributed by atoms with van der Waals surface area (Å²) in [5.74, 6) is -0.910. The Kier molecular flexibility index (Phi) is 9.90. The normalized spacial score (nSPS) is 17.7. The molecule has 0 radical (unpaired) electrons. The standard InChI is InChI=1S/C28H41N3O5/c1-28(2,3)36-25(33)15-10-8-6-4-5-7-9-11-18-29-22-14-12-13-20-21(22)19-31(27(20)35)23-16-17-24(32)30-26(23)34/h12-14,23,29H,4-11,15-19H2,1-3H3,(H,30,32,34). The topological polar surface area (TPSA) is 105 Å². The van der Waals surface area contributed by atoms with Gasteiger partial charge in [0.05, 0.1) is 0 Å². The van der Waals surface area contributed by atoms with Crippen molar-refractivity contribution >= 4 is 29.4 Å². The Balaban J connectivity index is 1.29. The number of piperidine rings is 1. The van der Waals surface area contributed by atoms with Gasteiger partial charge in [0, 0.05) is 42.7 Å². The van der Waals surface area contributed by atoms with Crippen LogP contribution in [0.4, 0.5) is 5.69 Å². The maximum Gasteiger partial charge on any atom is 0.306 e. The fourth-order valence-corrected chi connectivity index (χ4v) is 4.82. The van der Waals surface area contributed by atoms with E-state index in [2.05, 4.69) is 10.6 Å². The zero-order valence-corrected chi connectivity index (χ0v) is 22.0. The minimum Gasteiger partial charge on any atom is -0.460 e. The molecule has 3 rings (SSSR count). The smallest absolute Gasteiger partial charge is 0.306 e. The van der Waals surface area contributed by atoms with Crippen LogP contribution in [0.25, 0.3) is 0 Å². The lowest BCUT2D eigenvalue weighted by atomic mass is 10.0. The van der Waals surface area contributed by atoms with Crippen LogP contribution in [0.1, 0.15) is 107 Å². The summed E-state index contributed by atoms with van der Waals surface area (Å²) in [6, 6.07) is 5.07. The second-order valence-corrected chi connectivity index (χ2v) is 10.8. The minimum atomic E-state index is -0.590. The third-order valence-corrected chi connectivity index (χ3v) is 6.63. The summed E-state index contributed by atoms with van der Waals surface area (Å²) in [5, 5.41) is 5.82. The number of nitrogens with zero attached hydrogens (tertiary/aromatic N) is 1. The van der Waals surface area contributed by atoms with Gasteiger partial charge in [0.1, 0.15) is 11.6 Å². The highest BCUT2D eigenvalue weighted by Crippen LogP contribution is 2.32. The lowest BCUT2D eigenvalue weighted by Crippen LogP contribution is -2.52. The van der Waals surface area contributed by atoms with E-state index in [1.165, 1.54) is 19.3 Å². The fraction of sp³-hybridized carbons (Fsp3) is 0.643. The molecule has 2 N–H and O–H groups in total. The Morgan fingerprint density at radius 1 is 1.03 bits per heavy atom. The van der Waals surface area contributed by atoms with Crippen molar-refractivity contribution in [2.45, 2.75) is 110 Å². The quantitative estimate of drug-likeness (QED) is 0.231. The number of nitrogens with one attached hydrogen (secondary N) is 2. The van der Waals surface area contributed by atoms with Crippen molar-refractivity contribution in [2.24, 2.45) is 0 Å². The number of anilines is 1. The SMILES string of the molecule is CC(C)(C)OC(=O)CCCCCCCCCCNc1cccc2c1CN(C1CCC(=O)NC1=O)C2=O. The molecule has 8 heteroatoms. The zero-order valence-electron chi connectivity index (χ0n) is 22.0. The first kappa shape index (κ1) is 27.7. The first-order valence-corrected chi connectivity index (χ1v) is 13.4. The summed E-state index contributed by atoms with van der Waals surface area (Å²) in [4.78, 5) is 49.9. The highest BCUT2D eigenvalue weighted by molar-refractivity contribution is 6.06. The molecular formula is C28H41N3O5. The summed E-state index contributed by atoms with van der Waals surface area (Å²) in [5.41, 5.74) is 2.11. The van der Waals surface area contributed by atoms with Gasteiger partial charge in [0.25, 0.3) is 5.91 Å². The maximum atomic E-state index is 12.9. The molecule has 1 unspecified atom stereocenters. The monoisotopic (exact) mass is 499 g/mol. The summed E-state index contributed by atoms with van der Waals surface area (Å²) in [6.07, 6.45) is 9.99. The Morgan fingerprint density at radius 3 is 2.36 bits per heavy atom. The molecule has 2 heterocycles. The van der Waals surface area contributed by atoms with E-state index in [1.54, 1.807) is 4.90 Å². The van der Waals surface area contributed by atoms with Gasteiger partial charge >= 0.3 is 5.97 Å². The van der Waals surface area contributed by atoms with Crippen LogP contribution in [-0.4, -0.2) is 46.8 Å². The number of imide groups is 1. The van der Waals surface area contributed by atoms with Crippen LogP contribution in [0, 0.1) is 0 Å². The van der Waals surface area contributed by atoms with Gasteiger partial charge < -0.3 is 15.0 Å². The number of benzene rings is 1. The molecule has 2 aliphatic rings. The number of amides is 3. The van der Waals surface area contributed by atoms with Crippen molar-refractivity contribution in [1.29, 1.82) is 0 Å². The van der Waals surface area contributed by atoms with E-state index in [-0.39, 0.29) is 30.1 Å². The van der Waals surface area contributed by atoms with Crippen molar-refractivity contribution in [1.82, 2.24) is 10.2 Å². The molecule has 1 fully saturated rings. The highest BCUT2D eigenvalue weighted by Gasteiger charge is 2.39. The number of carbonyl (C=O) groups is 4. The van der Waals surface area contributed by atoms with E-state index < -0.39 is 11.6 Å². The average Bonchev–Trinajstić information content (AvgIpc) is 3.13. The molecule has 1 saturated heterocycles. The number of rotatable bonds is 13. The predicted molar refractivity (Wildman–Crippen MR) is 138 cm³/mol. The van der Waals surface area contributed by atoms with Gasteiger partial charge in [-0.15, -0.1) is 0 Å². The Labute approximate surface area is 214 Å². The molecular weight excluding hydrogens is 458 g/mol. The van der Waals surface area contributed by atoms with Crippen molar-refractivity contribution in [3.63, 3.8) is 0 Å². The molecule has 1 aromatic carbocycles. The number of carbonyl (C=O) groups excluding carboxylic acids is 4. The zero-order chi connectivity index (χ0) is 26.1. The maximum absolute atomic E-state index is 12.9. The molecule has 3 amide bonds. The van der Waals surface area contributed by atoms with Gasteiger partial charge in [-0.1, -0.05) is 44.6 Å². The predicted octanol–water partition coefficient (Wildman–Crippen LogP) is 4.71. The minimum absolute atomic E-state index is 0.105. The number of ether oxygens (including phenoxy) is 1. The van der Waals surface area contributed by atoms with Gasteiger partial charge in [-0.05, 0) is 52.2 Å². The number of hydrogen-bond donors (Lipinski definition) is 2. The molecule has 0 spiro atoms. The van der Waals surface area contributed by atoms with Gasteiger partial charge in [0.15, 0.2) is 0 Å². The average molecular weight is 500 g/mol. The number of unbranched alkanes of at least 4 members (excludes halogenated alkanes) is 7. The fourth-order valence-electron chi connectivity index (χ4n) is 4.82. The number of hydrogen-bond acceptors (Lipinski definition) is 6. The van der Waals surface area contributed by atoms with Crippen LogP contribution in [-0.2, 0) is 25.7 Å². The summed E-state index contributed by atoms with van der Waals surface area (Å²) < 4.78 is 5.33. The summed E-state index contributed by atoms with van der Waals surface area (Å²) in [6.45, 7) is 6.90. The van der Waals surface area contributed by atoms with Crippen molar-refractivity contribution in [2.75, 3.05) is 11.9 Å². The Morgan fingerprint density at radius 2 is 1.69 bits per heavy atom. The van der Waals surface area contributed by atoms with E-state index in [4.69, 9.17) is 4.74 Å². The molecule has 0 aliphatic carbocycles. The van der Waals surface area contributed by atoms with Crippen LogP contribution >= 0.6 is 0 Å². The third-order valence-electron chi connectivity index (χ3n) is 6.63. The van der Waals surface area contributed by atoms with Crippen LogP contribution in [0.2, 0.25) is 0 Å². The second-order valence-electron chi connectivity index (χ2n) is 10.8. The molecule has 0 saturated carbocycles. The molecule has 1 atom stereocenters. The van der Waals surface area contributed by atoms with Gasteiger partial charge in [-0.3, -0.25) is 24.5 Å². The van der Waals surface area contributed by atoms with Crippen LogP contribution in [0.5, 0.6) is 0 Å². The van der Waals surface area contributed by atoms with E-state index in [1.807, 2.05) is 39.0 Å². The molecule has 2 aliphatic heterocycles. The van der Waals surface area contributed by atoms with Crippen LogP contribution in [0.3, 0.4) is 0 Å². The molecule has 0 bridgehead atoms. The van der Waals surface area contributed by atoms with Gasteiger partial charge in [0.2, 0.25) is 11.8 Å². The van der Waals surface area contributed by atoms with Crippen LogP contribution < -0.4 is 10.6 Å². The molecule has 198 valence electrons. The van der Waals surface area contributed by atoms with Gasteiger partial charge in [-0.2, -0.15) is 0 Å². The largest absolute Gasteiger partial charge is 0.460 e.